The molecule has 0 radical (unpaired) electrons. The van der Waals surface area contributed by atoms with Crippen molar-refractivity contribution in [1.29, 1.82) is 0 Å². The SMILES string of the molecule is CSC1(C(N)=NO)CCN(CCCS(C)(=O)=O)CC1. The smallest absolute Gasteiger partial charge is 0.155 e. The molecule has 0 aliphatic carbocycles. The van der Waals surface area contributed by atoms with Gasteiger partial charge in [0.25, 0.3) is 0 Å². The third kappa shape index (κ3) is 4.85. The molecule has 0 spiro atoms. The molecule has 0 amide bonds. The Morgan fingerprint density at radius 3 is 2.47 bits per heavy atom. The van der Waals surface area contributed by atoms with Crippen molar-refractivity contribution < 1.29 is 13.6 Å². The predicted molar refractivity (Wildman–Crippen MR) is 79.7 cm³/mol. The zero-order valence-electron chi connectivity index (χ0n) is 11.5. The Hall–Kier alpha value is -0.470. The number of rotatable bonds is 6. The first-order chi connectivity index (χ1) is 8.83. The number of sulfone groups is 1. The van der Waals surface area contributed by atoms with Crippen LogP contribution < -0.4 is 5.73 Å². The molecule has 0 saturated carbocycles. The van der Waals surface area contributed by atoms with Crippen molar-refractivity contribution in [3.63, 3.8) is 0 Å². The molecule has 6 nitrogen and oxygen atoms in total. The largest absolute Gasteiger partial charge is 0.409 e. The van der Waals surface area contributed by atoms with Gasteiger partial charge in [-0.1, -0.05) is 5.16 Å². The quantitative estimate of drug-likeness (QED) is 0.318. The second-order valence-electron chi connectivity index (χ2n) is 5.01. The summed E-state index contributed by atoms with van der Waals surface area (Å²) in [6.45, 7) is 2.48. The van der Waals surface area contributed by atoms with Gasteiger partial charge < -0.3 is 15.8 Å². The number of hydrogen-bond acceptors (Lipinski definition) is 6. The van der Waals surface area contributed by atoms with E-state index in [1.165, 1.54) is 6.26 Å². The number of amidine groups is 1. The zero-order valence-corrected chi connectivity index (χ0v) is 13.1. The lowest BCUT2D eigenvalue weighted by atomic mass is 9.94. The first-order valence-electron chi connectivity index (χ1n) is 6.26. The first kappa shape index (κ1) is 16.6. The van der Waals surface area contributed by atoms with Crippen molar-refractivity contribution in [3.8, 4) is 0 Å². The van der Waals surface area contributed by atoms with Crippen LogP contribution in [0.15, 0.2) is 5.16 Å². The highest BCUT2D eigenvalue weighted by atomic mass is 32.2. The zero-order chi connectivity index (χ0) is 14.5. The molecule has 0 aromatic rings. The number of likely N-dealkylation sites (tertiary alicyclic amines) is 1. The Balaban J connectivity index is 2.44. The first-order valence-corrected chi connectivity index (χ1v) is 9.55. The molecule has 8 heteroatoms. The third-order valence-corrected chi connectivity index (χ3v) is 6.05. The van der Waals surface area contributed by atoms with E-state index in [-0.39, 0.29) is 16.3 Å². The Bertz CT molecular complexity index is 415. The van der Waals surface area contributed by atoms with Gasteiger partial charge in [-0.25, -0.2) is 8.42 Å². The van der Waals surface area contributed by atoms with Crippen molar-refractivity contribution in [1.82, 2.24) is 4.90 Å². The van der Waals surface area contributed by atoms with E-state index in [1.807, 2.05) is 6.26 Å². The molecular weight excluding hydrogens is 286 g/mol. The fourth-order valence-electron chi connectivity index (χ4n) is 2.34. The minimum absolute atomic E-state index is 0.234. The fraction of sp³-hybridized carbons (Fsp3) is 0.909. The monoisotopic (exact) mass is 309 g/mol. The van der Waals surface area contributed by atoms with Gasteiger partial charge in [0.05, 0.1) is 10.5 Å². The fourth-order valence-corrected chi connectivity index (χ4v) is 3.84. The number of nitrogens with zero attached hydrogens (tertiary/aromatic N) is 2. The van der Waals surface area contributed by atoms with Crippen LogP contribution in [0.4, 0.5) is 0 Å². The third-order valence-electron chi connectivity index (χ3n) is 3.62. The Labute approximate surface area is 119 Å². The molecule has 1 aliphatic rings. The molecule has 1 saturated heterocycles. The van der Waals surface area contributed by atoms with Gasteiger partial charge in [-0.2, -0.15) is 11.8 Å². The van der Waals surface area contributed by atoms with E-state index < -0.39 is 9.84 Å². The summed E-state index contributed by atoms with van der Waals surface area (Å²) < 4.78 is 21.9. The summed E-state index contributed by atoms with van der Waals surface area (Å²) in [5.74, 6) is 0.521. The average Bonchev–Trinajstić information content (AvgIpc) is 2.37. The molecule has 0 unspecified atom stereocenters. The summed E-state index contributed by atoms with van der Waals surface area (Å²) in [6.07, 6.45) is 5.54. The lowest BCUT2D eigenvalue weighted by Gasteiger charge is -2.39. The van der Waals surface area contributed by atoms with Gasteiger partial charge in [-0.3, -0.25) is 0 Å². The van der Waals surface area contributed by atoms with Crippen LogP contribution in [0, 0.1) is 0 Å². The molecular formula is C11H23N3O3S2. The van der Waals surface area contributed by atoms with E-state index in [9.17, 15) is 8.42 Å². The van der Waals surface area contributed by atoms with E-state index in [0.717, 1.165) is 32.5 Å². The molecule has 0 aromatic carbocycles. The highest BCUT2D eigenvalue weighted by Crippen LogP contribution is 2.34. The van der Waals surface area contributed by atoms with E-state index in [2.05, 4.69) is 10.1 Å². The van der Waals surface area contributed by atoms with Crippen LogP contribution in [0.25, 0.3) is 0 Å². The summed E-state index contributed by atoms with van der Waals surface area (Å²) in [5, 5.41) is 12.0. The molecule has 1 rings (SSSR count). The summed E-state index contributed by atoms with van der Waals surface area (Å²) >= 11 is 1.62. The lowest BCUT2D eigenvalue weighted by Crippen LogP contribution is -2.50. The molecule has 112 valence electrons. The molecule has 0 atom stereocenters. The number of nitrogens with two attached hydrogens (primary N) is 1. The summed E-state index contributed by atoms with van der Waals surface area (Å²) in [4.78, 5) is 2.24. The second kappa shape index (κ2) is 6.81. The topological polar surface area (TPSA) is 96.0 Å². The molecule has 3 N–H and O–H groups in total. The minimum atomic E-state index is -2.87. The van der Waals surface area contributed by atoms with Gasteiger partial charge in [-0.05, 0) is 45.2 Å². The Morgan fingerprint density at radius 2 is 2.05 bits per heavy atom. The van der Waals surface area contributed by atoms with Crippen molar-refractivity contribution in [3.05, 3.63) is 0 Å². The van der Waals surface area contributed by atoms with E-state index in [4.69, 9.17) is 10.9 Å². The van der Waals surface area contributed by atoms with Crippen molar-refractivity contribution in [2.75, 3.05) is 37.9 Å². The number of thioether (sulfide) groups is 1. The predicted octanol–water partition coefficient (Wildman–Crippen LogP) is 0.365. The van der Waals surface area contributed by atoms with Crippen molar-refractivity contribution >= 4 is 27.4 Å². The second-order valence-corrected chi connectivity index (χ2v) is 8.46. The normalized spacial score (nSPS) is 21.5. The van der Waals surface area contributed by atoms with Crippen LogP contribution in [0.5, 0.6) is 0 Å². The summed E-state index contributed by atoms with van der Waals surface area (Å²) in [7, 11) is -2.87. The van der Waals surface area contributed by atoms with Crippen LogP contribution in [0.2, 0.25) is 0 Å². The maximum atomic E-state index is 11.1. The molecule has 0 aromatic heterocycles. The average molecular weight is 309 g/mol. The van der Waals surface area contributed by atoms with Crippen molar-refractivity contribution in [2.45, 2.75) is 24.0 Å². The molecule has 1 heterocycles. The van der Waals surface area contributed by atoms with E-state index in [1.54, 1.807) is 11.8 Å². The van der Waals surface area contributed by atoms with Gasteiger partial charge in [0, 0.05) is 6.26 Å². The highest BCUT2D eigenvalue weighted by Gasteiger charge is 2.37. The van der Waals surface area contributed by atoms with Gasteiger partial charge in [0.1, 0.15) is 9.84 Å². The molecule has 1 aliphatic heterocycles. The van der Waals surface area contributed by atoms with Crippen molar-refractivity contribution in [2.24, 2.45) is 10.9 Å². The molecule has 19 heavy (non-hydrogen) atoms. The summed E-state index contributed by atoms with van der Waals surface area (Å²) in [6, 6.07) is 0. The number of hydrogen-bond donors (Lipinski definition) is 2. The van der Waals surface area contributed by atoms with Crippen LogP contribution in [-0.4, -0.2) is 67.0 Å². The van der Waals surface area contributed by atoms with Crippen LogP contribution >= 0.6 is 11.8 Å². The number of oxime groups is 1. The lowest BCUT2D eigenvalue weighted by molar-refractivity contribution is 0.217. The van der Waals surface area contributed by atoms with Gasteiger partial charge >= 0.3 is 0 Å². The van der Waals surface area contributed by atoms with Gasteiger partial charge in [0.2, 0.25) is 0 Å². The standard InChI is InChI=1S/C11H23N3O3S2/c1-18-11(10(12)13-15)4-7-14(8-5-11)6-3-9-19(2,16)17/h15H,3-9H2,1-2H3,(H2,12,13). The van der Waals surface area contributed by atoms with Crippen LogP contribution in [0.3, 0.4) is 0 Å². The maximum Gasteiger partial charge on any atom is 0.155 e. The van der Waals surface area contributed by atoms with Gasteiger partial charge in [-0.15, -0.1) is 0 Å². The minimum Gasteiger partial charge on any atom is -0.409 e. The highest BCUT2D eigenvalue weighted by molar-refractivity contribution is 8.00. The number of piperidine rings is 1. The van der Waals surface area contributed by atoms with Crippen LogP contribution in [-0.2, 0) is 9.84 Å². The van der Waals surface area contributed by atoms with E-state index >= 15 is 0 Å². The summed E-state index contributed by atoms with van der Waals surface area (Å²) in [5.41, 5.74) is 5.78. The van der Waals surface area contributed by atoms with Gasteiger partial charge in [0.15, 0.2) is 5.84 Å². The maximum absolute atomic E-state index is 11.1. The van der Waals surface area contributed by atoms with Crippen LogP contribution in [0.1, 0.15) is 19.3 Å². The molecule has 0 bridgehead atoms. The Morgan fingerprint density at radius 1 is 1.47 bits per heavy atom. The Kier molecular flexibility index (Phi) is 5.94. The molecule has 1 fully saturated rings. The van der Waals surface area contributed by atoms with E-state index in [0.29, 0.717) is 6.42 Å².